The molecule has 2 aromatic rings. The third-order valence-corrected chi connectivity index (χ3v) is 5.09. The molecule has 1 aliphatic rings. The molecule has 1 N–H and O–H groups in total. The number of aliphatic imine (C=N–C) groups is 1. The van der Waals surface area contributed by atoms with E-state index in [1.54, 1.807) is 6.92 Å². The smallest absolute Gasteiger partial charge is 0.194 e. The summed E-state index contributed by atoms with van der Waals surface area (Å²) < 4.78 is 15.7. The van der Waals surface area contributed by atoms with Crippen LogP contribution in [0, 0.1) is 18.7 Å². The van der Waals surface area contributed by atoms with E-state index in [0.717, 1.165) is 37.6 Å². The van der Waals surface area contributed by atoms with Gasteiger partial charge in [0.2, 0.25) is 0 Å². The first-order valence-electron chi connectivity index (χ1n) is 9.34. The van der Waals surface area contributed by atoms with Crippen LogP contribution in [0.2, 0.25) is 0 Å². The van der Waals surface area contributed by atoms with E-state index in [0.29, 0.717) is 24.1 Å². The highest BCUT2D eigenvalue weighted by Crippen LogP contribution is 2.27. The van der Waals surface area contributed by atoms with Crippen LogP contribution in [0.1, 0.15) is 37.4 Å². The van der Waals surface area contributed by atoms with Crippen LogP contribution in [-0.2, 0) is 6.54 Å². The lowest BCUT2D eigenvalue weighted by atomic mass is 9.93. The SMILES string of the molecule is CCNC(=NCc1ccc(F)c(C)c1)N1CCC(C)C(n2ccnc2)C1. The first-order valence-corrected chi connectivity index (χ1v) is 9.34. The Labute approximate surface area is 155 Å². The first-order chi connectivity index (χ1) is 12.6. The Bertz CT molecular complexity index is 741. The number of aryl methyl sites for hydroxylation is 1. The summed E-state index contributed by atoms with van der Waals surface area (Å²) in [7, 11) is 0. The zero-order valence-corrected chi connectivity index (χ0v) is 15.8. The highest BCUT2D eigenvalue weighted by atomic mass is 19.1. The van der Waals surface area contributed by atoms with Gasteiger partial charge in [0.25, 0.3) is 0 Å². The van der Waals surface area contributed by atoms with Crippen LogP contribution in [0.3, 0.4) is 0 Å². The molecule has 0 amide bonds. The second-order valence-corrected chi connectivity index (χ2v) is 7.04. The Kier molecular flexibility index (Phi) is 5.91. The van der Waals surface area contributed by atoms with Crippen molar-refractivity contribution >= 4 is 5.96 Å². The summed E-state index contributed by atoms with van der Waals surface area (Å²) in [5.74, 6) is 1.35. The molecule has 0 aliphatic carbocycles. The maximum absolute atomic E-state index is 13.5. The molecule has 0 spiro atoms. The molecule has 26 heavy (non-hydrogen) atoms. The van der Waals surface area contributed by atoms with Gasteiger partial charge in [-0.05, 0) is 43.4 Å². The molecule has 0 bridgehead atoms. The van der Waals surface area contributed by atoms with Crippen LogP contribution < -0.4 is 5.32 Å². The van der Waals surface area contributed by atoms with Gasteiger partial charge < -0.3 is 14.8 Å². The summed E-state index contributed by atoms with van der Waals surface area (Å²) >= 11 is 0. The number of hydrogen-bond acceptors (Lipinski definition) is 2. The van der Waals surface area contributed by atoms with E-state index in [4.69, 9.17) is 4.99 Å². The van der Waals surface area contributed by atoms with Crippen LogP contribution in [0.25, 0.3) is 0 Å². The van der Waals surface area contributed by atoms with E-state index in [-0.39, 0.29) is 5.82 Å². The molecule has 1 aromatic carbocycles. The van der Waals surface area contributed by atoms with Gasteiger partial charge in [0.1, 0.15) is 5.82 Å². The predicted octanol–water partition coefficient (Wildman–Crippen LogP) is 3.38. The summed E-state index contributed by atoms with van der Waals surface area (Å²) in [6.07, 6.45) is 6.89. The minimum Gasteiger partial charge on any atom is -0.357 e. The molecule has 2 atom stereocenters. The Morgan fingerprint density at radius 3 is 2.96 bits per heavy atom. The van der Waals surface area contributed by atoms with Gasteiger partial charge in [0, 0.05) is 32.0 Å². The lowest BCUT2D eigenvalue weighted by molar-refractivity contribution is 0.189. The van der Waals surface area contributed by atoms with E-state index in [1.807, 2.05) is 30.9 Å². The molecule has 140 valence electrons. The molecular weight excluding hydrogens is 329 g/mol. The van der Waals surface area contributed by atoms with Crippen molar-refractivity contribution in [2.75, 3.05) is 19.6 Å². The first kappa shape index (κ1) is 18.4. The summed E-state index contributed by atoms with van der Waals surface area (Å²) in [6, 6.07) is 5.59. The minimum atomic E-state index is -0.169. The standard InChI is InChI=1S/C20H28FN5/c1-4-23-20(24-12-17-5-6-18(21)16(3)11-17)25-9-7-15(2)19(13-25)26-10-8-22-14-26/h5-6,8,10-11,14-15,19H,4,7,9,12-13H2,1-3H3,(H,23,24). The molecule has 3 rings (SSSR count). The van der Waals surface area contributed by atoms with Gasteiger partial charge in [-0.25, -0.2) is 14.4 Å². The quantitative estimate of drug-likeness (QED) is 0.674. The second-order valence-electron chi connectivity index (χ2n) is 7.04. The fourth-order valence-corrected chi connectivity index (χ4v) is 3.49. The number of rotatable bonds is 4. The molecule has 5 nitrogen and oxygen atoms in total. The van der Waals surface area contributed by atoms with Crippen LogP contribution in [0.15, 0.2) is 41.9 Å². The molecular formula is C20H28FN5. The number of aromatic nitrogens is 2. The average molecular weight is 357 g/mol. The molecule has 1 aliphatic heterocycles. The average Bonchev–Trinajstić information content (AvgIpc) is 3.16. The summed E-state index contributed by atoms with van der Waals surface area (Å²) in [6.45, 7) is 9.43. The van der Waals surface area contributed by atoms with E-state index in [1.165, 1.54) is 6.07 Å². The van der Waals surface area contributed by atoms with Gasteiger partial charge in [-0.15, -0.1) is 0 Å². The van der Waals surface area contributed by atoms with Gasteiger partial charge >= 0.3 is 0 Å². The van der Waals surface area contributed by atoms with Gasteiger partial charge in [-0.1, -0.05) is 19.1 Å². The van der Waals surface area contributed by atoms with Crippen LogP contribution in [0.4, 0.5) is 4.39 Å². The predicted molar refractivity (Wildman–Crippen MR) is 103 cm³/mol. The van der Waals surface area contributed by atoms with Crippen LogP contribution >= 0.6 is 0 Å². The van der Waals surface area contributed by atoms with Crippen molar-refractivity contribution in [3.05, 3.63) is 53.9 Å². The Balaban J connectivity index is 1.74. The topological polar surface area (TPSA) is 45.5 Å². The Morgan fingerprint density at radius 1 is 1.42 bits per heavy atom. The van der Waals surface area contributed by atoms with E-state index in [9.17, 15) is 4.39 Å². The molecule has 6 heteroatoms. The number of piperidine rings is 1. The van der Waals surface area contributed by atoms with Gasteiger partial charge in [0.15, 0.2) is 5.96 Å². The van der Waals surface area contributed by atoms with Crippen molar-refractivity contribution in [3.8, 4) is 0 Å². The molecule has 0 radical (unpaired) electrons. The number of imidazole rings is 1. The maximum Gasteiger partial charge on any atom is 0.194 e. The van der Waals surface area contributed by atoms with E-state index < -0.39 is 0 Å². The molecule has 0 saturated carbocycles. The lowest BCUT2D eigenvalue weighted by Gasteiger charge is -2.39. The number of hydrogen-bond donors (Lipinski definition) is 1. The number of guanidine groups is 1. The number of nitrogens with one attached hydrogen (secondary N) is 1. The lowest BCUT2D eigenvalue weighted by Crippen LogP contribution is -2.49. The number of halogens is 1. The van der Waals surface area contributed by atoms with Crippen molar-refractivity contribution in [2.45, 2.75) is 39.8 Å². The van der Waals surface area contributed by atoms with Crippen LogP contribution in [0.5, 0.6) is 0 Å². The van der Waals surface area contributed by atoms with E-state index >= 15 is 0 Å². The van der Waals surface area contributed by atoms with Crippen molar-refractivity contribution in [1.82, 2.24) is 19.8 Å². The Morgan fingerprint density at radius 2 is 2.27 bits per heavy atom. The molecule has 2 heterocycles. The highest BCUT2D eigenvalue weighted by Gasteiger charge is 2.28. The molecule has 1 saturated heterocycles. The van der Waals surface area contributed by atoms with E-state index in [2.05, 4.69) is 33.6 Å². The summed E-state index contributed by atoms with van der Waals surface area (Å²) in [4.78, 5) is 11.3. The maximum atomic E-state index is 13.5. The minimum absolute atomic E-state index is 0.169. The third-order valence-electron chi connectivity index (χ3n) is 5.09. The number of likely N-dealkylation sites (tertiary alicyclic amines) is 1. The number of benzene rings is 1. The monoisotopic (exact) mass is 357 g/mol. The molecule has 1 aromatic heterocycles. The molecule has 1 fully saturated rings. The van der Waals surface area contributed by atoms with Crippen molar-refractivity contribution < 1.29 is 4.39 Å². The van der Waals surface area contributed by atoms with Gasteiger partial charge in [0.05, 0.1) is 18.9 Å². The van der Waals surface area contributed by atoms with Crippen molar-refractivity contribution in [3.63, 3.8) is 0 Å². The summed E-state index contributed by atoms with van der Waals surface area (Å²) in [5, 5.41) is 3.41. The highest BCUT2D eigenvalue weighted by molar-refractivity contribution is 5.80. The zero-order valence-electron chi connectivity index (χ0n) is 15.8. The second kappa shape index (κ2) is 8.34. The zero-order chi connectivity index (χ0) is 18.5. The molecule has 2 unspecified atom stereocenters. The largest absolute Gasteiger partial charge is 0.357 e. The fraction of sp³-hybridized carbons (Fsp3) is 0.500. The van der Waals surface area contributed by atoms with Crippen molar-refractivity contribution in [1.29, 1.82) is 0 Å². The van der Waals surface area contributed by atoms with Gasteiger partial charge in [-0.2, -0.15) is 0 Å². The fourth-order valence-electron chi connectivity index (χ4n) is 3.49. The third kappa shape index (κ3) is 4.23. The van der Waals surface area contributed by atoms with Gasteiger partial charge in [-0.3, -0.25) is 0 Å². The summed E-state index contributed by atoms with van der Waals surface area (Å²) in [5.41, 5.74) is 1.69. The van der Waals surface area contributed by atoms with Crippen LogP contribution in [-0.4, -0.2) is 40.0 Å². The normalized spacial score (nSPS) is 21.1. The van der Waals surface area contributed by atoms with Crippen molar-refractivity contribution in [2.24, 2.45) is 10.9 Å². The Hall–Kier alpha value is -2.37. The number of nitrogens with zero attached hydrogens (tertiary/aromatic N) is 4.